The molecule has 0 saturated carbocycles. The summed E-state index contributed by atoms with van der Waals surface area (Å²) >= 11 is 0. The molecule has 1 saturated heterocycles. The Kier molecular flexibility index (Phi) is 3.70. The van der Waals surface area contributed by atoms with E-state index in [1.54, 1.807) is 49.4 Å². The topological polar surface area (TPSA) is 88.7 Å². The molecule has 7 nitrogen and oxygen atoms in total. The van der Waals surface area contributed by atoms with Crippen molar-refractivity contribution in [2.24, 2.45) is 5.10 Å². The molecule has 1 fully saturated rings. The fraction of sp³-hybridized carbons (Fsp3) is 0.167. The van der Waals surface area contributed by atoms with Crippen LogP contribution in [0.2, 0.25) is 0 Å². The molecule has 4 rings (SSSR count). The zero-order chi connectivity index (χ0) is 17.4. The van der Waals surface area contributed by atoms with Gasteiger partial charge in [-0.05, 0) is 36.8 Å². The van der Waals surface area contributed by atoms with E-state index in [1.807, 2.05) is 6.07 Å². The molecule has 1 unspecified atom stereocenters. The van der Waals surface area contributed by atoms with Crippen LogP contribution in [0.3, 0.4) is 0 Å². The molecule has 3 aromatic rings. The number of benzene rings is 2. The van der Waals surface area contributed by atoms with E-state index < -0.39 is 0 Å². The van der Waals surface area contributed by atoms with Crippen LogP contribution in [0.1, 0.15) is 23.9 Å². The Morgan fingerprint density at radius 2 is 2.00 bits per heavy atom. The van der Waals surface area contributed by atoms with Crippen LogP contribution in [0.15, 0.2) is 58.4 Å². The Morgan fingerprint density at radius 3 is 2.80 bits per heavy atom. The summed E-state index contributed by atoms with van der Waals surface area (Å²) < 4.78 is 1.28. The van der Waals surface area contributed by atoms with E-state index in [0.717, 1.165) is 5.56 Å². The van der Waals surface area contributed by atoms with E-state index in [4.69, 9.17) is 4.84 Å². The summed E-state index contributed by atoms with van der Waals surface area (Å²) in [6, 6.07) is 14.0. The molecule has 7 heteroatoms. The van der Waals surface area contributed by atoms with E-state index in [9.17, 15) is 9.90 Å². The quantitative estimate of drug-likeness (QED) is 0.749. The van der Waals surface area contributed by atoms with Gasteiger partial charge in [0.25, 0.3) is 5.56 Å². The second-order valence-corrected chi connectivity index (χ2v) is 5.84. The maximum Gasteiger partial charge on any atom is 0.282 e. The first-order valence-electron chi connectivity index (χ1n) is 7.88. The second kappa shape index (κ2) is 6.03. The normalized spacial score (nSPS) is 18.6. The van der Waals surface area contributed by atoms with Crippen molar-refractivity contribution in [1.82, 2.24) is 15.1 Å². The van der Waals surface area contributed by atoms with Crippen LogP contribution in [0, 0.1) is 6.92 Å². The number of aromatic nitrogens is 2. The first kappa shape index (κ1) is 15.3. The number of phenolic OH excluding ortho intramolecular Hbond substituents is 1. The summed E-state index contributed by atoms with van der Waals surface area (Å²) in [5.41, 5.74) is 4.12. The minimum atomic E-state index is -0.233. The Hall–Kier alpha value is -3.19. The summed E-state index contributed by atoms with van der Waals surface area (Å²) in [5.74, 6) is 1.25. The zero-order valence-electron chi connectivity index (χ0n) is 13.5. The average Bonchev–Trinajstić information content (AvgIpc) is 3.08. The summed E-state index contributed by atoms with van der Waals surface area (Å²) in [7, 11) is 0. The number of hydrogen-bond acceptors (Lipinski definition) is 5. The molecule has 2 aromatic carbocycles. The predicted molar refractivity (Wildman–Crippen MR) is 93.3 cm³/mol. The first-order chi connectivity index (χ1) is 12.1. The maximum absolute atomic E-state index is 12.6. The molecule has 0 aliphatic carbocycles. The molecule has 2 N–H and O–H groups in total. The van der Waals surface area contributed by atoms with Gasteiger partial charge in [0, 0.05) is 6.42 Å². The van der Waals surface area contributed by atoms with Gasteiger partial charge in [-0.3, -0.25) is 15.1 Å². The lowest BCUT2D eigenvalue weighted by molar-refractivity contribution is 0.0447. The number of aromatic hydroxyl groups is 1. The molecule has 0 radical (unpaired) electrons. The molecular weight excluding hydrogens is 320 g/mol. The van der Waals surface area contributed by atoms with Gasteiger partial charge in [0.1, 0.15) is 23.5 Å². The molecule has 25 heavy (non-hydrogen) atoms. The lowest BCUT2D eigenvalue weighted by atomic mass is 10.1. The van der Waals surface area contributed by atoms with Crippen molar-refractivity contribution >= 4 is 16.7 Å². The van der Waals surface area contributed by atoms with E-state index in [2.05, 4.69) is 15.6 Å². The molecule has 1 aromatic heterocycles. The van der Waals surface area contributed by atoms with E-state index >= 15 is 0 Å². The van der Waals surface area contributed by atoms with Gasteiger partial charge in [0.05, 0.1) is 10.9 Å². The van der Waals surface area contributed by atoms with Crippen molar-refractivity contribution < 1.29 is 9.94 Å². The number of para-hydroxylation sites is 1. The number of nitrogens with one attached hydrogen (secondary N) is 1. The van der Waals surface area contributed by atoms with Crippen molar-refractivity contribution in [3.05, 3.63) is 70.3 Å². The van der Waals surface area contributed by atoms with Crippen LogP contribution in [0.5, 0.6) is 5.75 Å². The van der Waals surface area contributed by atoms with Gasteiger partial charge in [-0.1, -0.05) is 24.3 Å². The minimum Gasteiger partial charge on any atom is -0.508 e. The molecule has 0 spiro atoms. The monoisotopic (exact) mass is 336 g/mol. The Balaban J connectivity index is 1.67. The van der Waals surface area contributed by atoms with Gasteiger partial charge in [-0.2, -0.15) is 4.68 Å². The first-order valence-corrected chi connectivity index (χ1v) is 7.88. The molecule has 1 atom stereocenters. The standard InChI is InChI=1S/C18H16N4O3/c1-11-19-15-5-3-2-4-14(15)18(24)22(11)20-17-10-16(25-21-17)12-6-8-13(23)9-7-12/h2-9,16,23H,10H2,1H3,(H,20,21). The third-order valence-electron chi connectivity index (χ3n) is 4.10. The van der Waals surface area contributed by atoms with Crippen LogP contribution < -0.4 is 11.0 Å². The van der Waals surface area contributed by atoms with E-state index in [-0.39, 0.29) is 17.4 Å². The van der Waals surface area contributed by atoms with Crippen molar-refractivity contribution in [1.29, 1.82) is 0 Å². The number of nitrogens with zero attached hydrogens (tertiary/aromatic N) is 3. The van der Waals surface area contributed by atoms with Gasteiger partial charge in [0.2, 0.25) is 0 Å². The second-order valence-electron chi connectivity index (χ2n) is 5.84. The molecule has 1 aliphatic heterocycles. The van der Waals surface area contributed by atoms with Crippen molar-refractivity contribution in [3.8, 4) is 5.75 Å². The molecular formula is C18H16N4O3. The number of amidine groups is 1. The molecule has 1 aliphatic rings. The number of aryl methyl sites for hydroxylation is 1. The number of phenols is 1. The fourth-order valence-corrected chi connectivity index (χ4v) is 2.81. The lowest BCUT2D eigenvalue weighted by Gasteiger charge is -2.06. The van der Waals surface area contributed by atoms with Crippen LogP contribution in [0.4, 0.5) is 0 Å². The Labute approximate surface area is 143 Å². The van der Waals surface area contributed by atoms with Crippen molar-refractivity contribution in [3.63, 3.8) is 0 Å². The summed E-state index contributed by atoms with van der Waals surface area (Å²) in [5, 5.41) is 14.3. The number of hydrogen-bond donors (Lipinski definition) is 2. The summed E-state index contributed by atoms with van der Waals surface area (Å²) in [6.45, 7) is 1.74. The van der Waals surface area contributed by atoms with Gasteiger partial charge >= 0.3 is 0 Å². The highest BCUT2D eigenvalue weighted by Crippen LogP contribution is 2.26. The van der Waals surface area contributed by atoms with Gasteiger partial charge in [0.15, 0.2) is 0 Å². The molecule has 0 amide bonds. The van der Waals surface area contributed by atoms with Gasteiger partial charge in [-0.25, -0.2) is 4.98 Å². The van der Waals surface area contributed by atoms with E-state index in [0.29, 0.717) is 29.0 Å². The van der Waals surface area contributed by atoms with Crippen molar-refractivity contribution in [2.45, 2.75) is 19.4 Å². The van der Waals surface area contributed by atoms with Gasteiger partial charge < -0.3 is 5.11 Å². The van der Waals surface area contributed by atoms with Crippen LogP contribution in [-0.2, 0) is 4.84 Å². The number of rotatable bonds is 2. The molecule has 2 heterocycles. The SMILES string of the molecule is Cc1nc2ccccc2c(=O)n1/N=C1/CC(c2ccc(O)cc2)ON1. The number of hydroxylamine groups is 1. The third kappa shape index (κ3) is 2.85. The highest BCUT2D eigenvalue weighted by molar-refractivity contribution is 5.83. The molecule has 0 bridgehead atoms. The zero-order valence-corrected chi connectivity index (χ0v) is 13.5. The van der Waals surface area contributed by atoms with Gasteiger partial charge in [-0.15, -0.1) is 5.10 Å². The van der Waals surface area contributed by atoms with Crippen LogP contribution >= 0.6 is 0 Å². The summed E-state index contributed by atoms with van der Waals surface area (Å²) in [4.78, 5) is 22.6. The molecule has 126 valence electrons. The lowest BCUT2D eigenvalue weighted by Crippen LogP contribution is -2.24. The largest absolute Gasteiger partial charge is 0.508 e. The Bertz CT molecular complexity index is 1020. The Morgan fingerprint density at radius 1 is 1.24 bits per heavy atom. The third-order valence-corrected chi connectivity index (χ3v) is 4.10. The fourth-order valence-electron chi connectivity index (χ4n) is 2.81. The smallest absolute Gasteiger partial charge is 0.282 e. The minimum absolute atomic E-state index is 0.202. The van der Waals surface area contributed by atoms with E-state index in [1.165, 1.54) is 4.68 Å². The number of fused-ring (bicyclic) bond motifs is 1. The average molecular weight is 336 g/mol. The van der Waals surface area contributed by atoms with Crippen LogP contribution in [0.25, 0.3) is 10.9 Å². The summed E-state index contributed by atoms with van der Waals surface area (Å²) in [6.07, 6.45) is 0.257. The maximum atomic E-state index is 12.6. The highest BCUT2D eigenvalue weighted by atomic mass is 16.7. The van der Waals surface area contributed by atoms with Crippen LogP contribution in [-0.4, -0.2) is 20.6 Å². The highest BCUT2D eigenvalue weighted by Gasteiger charge is 2.24. The van der Waals surface area contributed by atoms with Crippen molar-refractivity contribution in [2.75, 3.05) is 0 Å². The predicted octanol–water partition coefficient (Wildman–Crippen LogP) is 2.24.